The van der Waals surface area contributed by atoms with Gasteiger partial charge in [0.15, 0.2) is 0 Å². The second-order valence-electron chi connectivity index (χ2n) is 6.53. The van der Waals surface area contributed by atoms with Crippen molar-refractivity contribution >= 4 is 23.7 Å². The van der Waals surface area contributed by atoms with Gasteiger partial charge in [-0.2, -0.15) is 0 Å². The van der Waals surface area contributed by atoms with E-state index in [-0.39, 0.29) is 0 Å². The van der Waals surface area contributed by atoms with Crippen molar-refractivity contribution in [3.05, 3.63) is 71.7 Å². The van der Waals surface area contributed by atoms with E-state index in [0.717, 1.165) is 61.7 Å². The van der Waals surface area contributed by atoms with Crippen LogP contribution in [0.4, 0.5) is 0 Å². The Balaban J connectivity index is 2.66. The third-order valence-electron chi connectivity index (χ3n) is 4.26. The normalized spacial score (nSPS) is 16.4. The SMILES string of the molecule is C=C/C=C(\N=C/CC)N1CCC(N)=C(C(=NC)NCCC/C=C\C=C/C(=C)Cl)C1. The van der Waals surface area contributed by atoms with E-state index in [1.807, 2.05) is 24.4 Å². The van der Waals surface area contributed by atoms with Crippen molar-refractivity contribution in [3.63, 3.8) is 0 Å². The fourth-order valence-electron chi connectivity index (χ4n) is 2.80. The van der Waals surface area contributed by atoms with Gasteiger partial charge in [0.2, 0.25) is 0 Å². The van der Waals surface area contributed by atoms with E-state index in [4.69, 9.17) is 17.3 Å². The zero-order chi connectivity index (χ0) is 21.5. The van der Waals surface area contributed by atoms with Gasteiger partial charge in [0.05, 0.1) is 0 Å². The van der Waals surface area contributed by atoms with Crippen molar-refractivity contribution in [2.24, 2.45) is 15.7 Å². The molecule has 0 radical (unpaired) electrons. The molecule has 0 bridgehead atoms. The molecular formula is C23H34ClN5. The molecule has 0 saturated heterocycles. The van der Waals surface area contributed by atoms with E-state index in [2.05, 4.69) is 46.4 Å². The van der Waals surface area contributed by atoms with E-state index >= 15 is 0 Å². The summed E-state index contributed by atoms with van der Waals surface area (Å²) in [5, 5.41) is 3.96. The summed E-state index contributed by atoms with van der Waals surface area (Å²) in [5.41, 5.74) is 8.25. The molecule has 1 aliphatic heterocycles. The summed E-state index contributed by atoms with van der Waals surface area (Å²) in [6.45, 7) is 11.8. The second-order valence-corrected chi connectivity index (χ2v) is 7.02. The molecule has 0 spiro atoms. The van der Waals surface area contributed by atoms with Crippen molar-refractivity contribution in [1.29, 1.82) is 0 Å². The first kappa shape index (κ1) is 24.5. The van der Waals surface area contributed by atoms with Crippen LogP contribution < -0.4 is 11.1 Å². The third-order valence-corrected chi connectivity index (χ3v) is 4.38. The van der Waals surface area contributed by atoms with E-state index in [9.17, 15) is 0 Å². The van der Waals surface area contributed by atoms with Gasteiger partial charge < -0.3 is 16.0 Å². The highest BCUT2D eigenvalue weighted by Crippen LogP contribution is 2.20. The molecule has 0 saturated carbocycles. The summed E-state index contributed by atoms with van der Waals surface area (Å²) in [6, 6.07) is 0. The number of unbranched alkanes of at least 4 members (excludes halogenated alkanes) is 1. The van der Waals surface area contributed by atoms with Crippen LogP contribution in [0.2, 0.25) is 0 Å². The summed E-state index contributed by atoms with van der Waals surface area (Å²) in [5.74, 6) is 1.76. The lowest BCUT2D eigenvalue weighted by Crippen LogP contribution is -2.39. The molecule has 5 nitrogen and oxygen atoms in total. The van der Waals surface area contributed by atoms with Crippen LogP contribution in [0, 0.1) is 0 Å². The fourth-order valence-corrected chi connectivity index (χ4v) is 2.88. The molecule has 0 aromatic heterocycles. The standard InChI is InChI=1S/C23H34ClN5/c1-5-12-22(27-15-6-2)29-17-14-21(25)20(18-29)23(26-4)28-16-11-9-7-8-10-13-19(3)24/h5,7-8,10,12-13,15H,1,3,6,9,11,14,16-18,25H2,2,4H3,(H,26,28)/b8-7-,13-10-,22-12+,27-15-. The number of allylic oxidation sites excluding steroid dienone is 7. The average molecular weight is 416 g/mol. The predicted octanol–water partition coefficient (Wildman–Crippen LogP) is 4.68. The summed E-state index contributed by atoms with van der Waals surface area (Å²) >= 11 is 5.68. The summed E-state index contributed by atoms with van der Waals surface area (Å²) in [6.07, 6.45) is 17.0. The Kier molecular flexibility index (Phi) is 12.2. The Hall–Kier alpha value is -2.53. The number of halogens is 1. The molecule has 29 heavy (non-hydrogen) atoms. The highest BCUT2D eigenvalue weighted by molar-refractivity contribution is 6.30. The number of hydrogen-bond acceptors (Lipinski definition) is 4. The average Bonchev–Trinajstić information content (AvgIpc) is 2.70. The van der Waals surface area contributed by atoms with Crippen molar-refractivity contribution in [2.45, 2.75) is 32.6 Å². The van der Waals surface area contributed by atoms with Crippen molar-refractivity contribution in [2.75, 3.05) is 26.7 Å². The molecular weight excluding hydrogens is 382 g/mol. The van der Waals surface area contributed by atoms with Crippen LogP contribution in [0.1, 0.15) is 32.6 Å². The lowest BCUT2D eigenvalue weighted by molar-refractivity contribution is 0.358. The van der Waals surface area contributed by atoms with Crippen LogP contribution >= 0.6 is 11.6 Å². The highest BCUT2D eigenvalue weighted by atomic mass is 35.5. The van der Waals surface area contributed by atoms with Gasteiger partial charge in [0.25, 0.3) is 0 Å². The first-order valence-corrected chi connectivity index (χ1v) is 10.4. The van der Waals surface area contributed by atoms with Gasteiger partial charge in [0, 0.05) is 55.6 Å². The van der Waals surface area contributed by atoms with E-state index in [1.54, 1.807) is 19.2 Å². The monoisotopic (exact) mass is 415 g/mol. The quantitative estimate of drug-likeness (QED) is 0.223. The van der Waals surface area contributed by atoms with Crippen LogP contribution in [0.3, 0.4) is 0 Å². The van der Waals surface area contributed by atoms with Gasteiger partial charge in [-0.25, -0.2) is 4.99 Å². The molecule has 0 amide bonds. The van der Waals surface area contributed by atoms with Gasteiger partial charge in [-0.3, -0.25) is 4.99 Å². The van der Waals surface area contributed by atoms with Crippen LogP contribution in [0.15, 0.2) is 81.7 Å². The van der Waals surface area contributed by atoms with Gasteiger partial charge >= 0.3 is 0 Å². The topological polar surface area (TPSA) is 66.0 Å². The Bertz CT molecular complexity index is 726. The summed E-state index contributed by atoms with van der Waals surface area (Å²) < 4.78 is 0. The third kappa shape index (κ3) is 9.48. The maximum absolute atomic E-state index is 6.32. The second kappa shape index (κ2) is 14.5. The van der Waals surface area contributed by atoms with E-state index in [0.29, 0.717) is 11.6 Å². The molecule has 158 valence electrons. The minimum absolute atomic E-state index is 0.527. The lowest BCUT2D eigenvalue weighted by Gasteiger charge is -2.32. The molecule has 0 fully saturated rings. The predicted molar refractivity (Wildman–Crippen MR) is 128 cm³/mol. The summed E-state index contributed by atoms with van der Waals surface area (Å²) in [7, 11) is 1.79. The largest absolute Gasteiger partial charge is 0.402 e. The molecule has 6 heteroatoms. The molecule has 0 unspecified atom stereocenters. The van der Waals surface area contributed by atoms with Crippen molar-refractivity contribution < 1.29 is 0 Å². The smallest absolute Gasteiger partial charge is 0.128 e. The molecule has 1 aliphatic rings. The molecule has 1 rings (SSSR count). The van der Waals surface area contributed by atoms with Gasteiger partial charge in [-0.15, -0.1) is 0 Å². The molecule has 1 heterocycles. The van der Waals surface area contributed by atoms with Crippen molar-refractivity contribution in [3.8, 4) is 0 Å². The minimum atomic E-state index is 0.527. The van der Waals surface area contributed by atoms with Crippen LogP contribution in [-0.4, -0.2) is 43.6 Å². The van der Waals surface area contributed by atoms with Crippen LogP contribution in [-0.2, 0) is 0 Å². The van der Waals surface area contributed by atoms with Gasteiger partial charge in [0.1, 0.15) is 11.7 Å². The van der Waals surface area contributed by atoms with Gasteiger partial charge in [-0.05, 0) is 31.4 Å². The summed E-state index contributed by atoms with van der Waals surface area (Å²) in [4.78, 5) is 11.2. The highest BCUT2D eigenvalue weighted by Gasteiger charge is 2.22. The minimum Gasteiger partial charge on any atom is -0.402 e. The van der Waals surface area contributed by atoms with Gasteiger partial charge in [-0.1, -0.05) is 56.0 Å². The molecule has 0 aromatic carbocycles. The van der Waals surface area contributed by atoms with Crippen LogP contribution in [0.25, 0.3) is 0 Å². The first-order chi connectivity index (χ1) is 14.0. The Labute approximate surface area is 180 Å². The molecule has 3 N–H and O–H groups in total. The number of nitrogens with zero attached hydrogens (tertiary/aromatic N) is 3. The Morgan fingerprint density at radius 2 is 2.17 bits per heavy atom. The number of rotatable bonds is 11. The molecule has 0 aliphatic carbocycles. The number of aliphatic imine (C=N–C) groups is 2. The fraction of sp³-hybridized carbons (Fsp3) is 0.391. The maximum Gasteiger partial charge on any atom is 0.128 e. The van der Waals surface area contributed by atoms with E-state index < -0.39 is 0 Å². The lowest BCUT2D eigenvalue weighted by atomic mass is 10.0. The number of amidine groups is 1. The number of nitrogens with one attached hydrogen (secondary N) is 1. The van der Waals surface area contributed by atoms with Crippen molar-refractivity contribution in [1.82, 2.24) is 10.2 Å². The zero-order valence-corrected chi connectivity index (χ0v) is 18.5. The number of hydrogen-bond donors (Lipinski definition) is 2. The molecule has 0 aromatic rings. The Morgan fingerprint density at radius 3 is 2.83 bits per heavy atom. The first-order valence-electron chi connectivity index (χ1n) is 9.99. The molecule has 0 atom stereocenters. The van der Waals surface area contributed by atoms with E-state index in [1.165, 1.54) is 0 Å². The zero-order valence-electron chi connectivity index (χ0n) is 17.7. The maximum atomic E-state index is 6.32. The number of nitrogens with two attached hydrogens (primary N) is 1. The van der Waals surface area contributed by atoms with Crippen LogP contribution in [0.5, 0.6) is 0 Å². The Morgan fingerprint density at radius 1 is 1.38 bits per heavy atom.